The summed E-state index contributed by atoms with van der Waals surface area (Å²) in [6, 6.07) is 0. The van der Waals surface area contributed by atoms with Gasteiger partial charge in [0.05, 0.1) is 6.61 Å². The Morgan fingerprint density at radius 1 is 0.645 bits per heavy atom. The fraction of sp³-hybridized carbons (Fsp3) is 0.762. The van der Waals surface area contributed by atoms with Crippen LogP contribution < -0.4 is 0 Å². The molecule has 0 aliphatic rings. The lowest BCUT2D eigenvalue weighted by atomic mass is 9.90. The molecule has 0 aromatic carbocycles. The molecule has 0 saturated carbocycles. The highest BCUT2D eigenvalue weighted by Gasteiger charge is 2.36. The highest BCUT2D eigenvalue weighted by atomic mass is 16.6. The van der Waals surface area contributed by atoms with E-state index in [-0.39, 0.29) is 51.9 Å². The molecule has 0 radical (unpaired) electrons. The van der Waals surface area contributed by atoms with Gasteiger partial charge in [-0.3, -0.25) is 24.0 Å². The molecule has 0 N–H and O–H groups in total. The summed E-state index contributed by atoms with van der Waals surface area (Å²) in [5, 5.41) is 0. The van der Waals surface area contributed by atoms with E-state index in [0.29, 0.717) is 0 Å². The van der Waals surface area contributed by atoms with Gasteiger partial charge in [-0.25, -0.2) is 0 Å². The summed E-state index contributed by atoms with van der Waals surface area (Å²) in [5.74, 6) is -3.52. The van der Waals surface area contributed by atoms with E-state index in [1.165, 1.54) is 6.92 Å². The topological polar surface area (TPSA) is 132 Å². The molecule has 10 nitrogen and oxygen atoms in total. The molecule has 0 aliphatic carbocycles. The van der Waals surface area contributed by atoms with Crippen molar-refractivity contribution in [2.24, 2.45) is 5.92 Å². The Kier molecular flexibility index (Phi) is 14.7. The van der Waals surface area contributed by atoms with E-state index in [1.807, 2.05) is 0 Å². The summed E-state index contributed by atoms with van der Waals surface area (Å²) in [5.41, 5.74) is 0. The van der Waals surface area contributed by atoms with Crippen molar-refractivity contribution in [3.8, 4) is 0 Å². The maximum Gasteiger partial charge on any atom is 0.305 e. The molecule has 0 aliphatic heterocycles. The molecule has 0 saturated heterocycles. The number of carbonyl (C=O) groups excluding carboxylic acids is 5. The largest absolute Gasteiger partial charge is 0.466 e. The van der Waals surface area contributed by atoms with Crippen molar-refractivity contribution in [2.45, 2.75) is 78.9 Å². The number of hydrogen-bond acceptors (Lipinski definition) is 10. The third-order valence-electron chi connectivity index (χ3n) is 4.23. The van der Waals surface area contributed by atoms with Crippen molar-refractivity contribution in [3.63, 3.8) is 0 Å². The molecule has 0 heterocycles. The van der Waals surface area contributed by atoms with Gasteiger partial charge in [0.15, 0.2) is 0 Å². The molecule has 10 heteroatoms. The van der Waals surface area contributed by atoms with Crippen LogP contribution in [0.4, 0.5) is 0 Å². The van der Waals surface area contributed by atoms with Crippen LogP contribution in [0.1, 0.15) is 66.7 Å². The molecule has 0 spiro atoms. The van der Waals surface area contributed by atoms with Crippen LogP contribution in [0.15, 0.2) is 0 Å². The van der Waals surface area contributed by atoms with Crippen LogP contribution in [0.3, 0.4) is 0 Å². The van der Waals surface area contributed by atoms with E-state index in [2.05, 4.69) is 0 Å². The molecular weight excluding hydrogens is 412 g/mol. The summed E-state index contributed by atoms with van der Waals surface area (Å²) >= 11 is 0. The third kappa shape index (κ3) is 12.6. The Morgan fingerprint density at radius 2 is 1.13 bits per heavy atom. The summed E-state index contributed by atoms with van der Waals surface area (Å²) in [7, 11) is 0. The smallest absolute Gasteiger partial charge is 0.305 e. The molecule has 0 rings (SSSR count). The molecular formula is C21H34O10. The summed E-state index contributed by atoms with van der Waals surface area (Å²) in [4.78, 5) is 58.9. The van der Waals surface area contributed by atoms with Crippen molar-refractivity contribution < 1.29 is 47.7 Å². The van der Waals surface area contributed by atoms with E-state index in [4.69, 9.17) is 23.7 Å². The van der Waals surface area contributed by atoms with Gasteiger partial charge in [-0.2, -0.15) is 0 Å². The average molecular weight is 446 g/mol. The summed E-state index contributed by atoms with van der Waals surface area (Å²) in [6.07, 6.45) is -1.81. The summed E-state index contributed by atoms with van der Waals surface area (Å²) < 4.78 is 26.0. The van der Waals surface area contributed by atoms with Crippen LogP contribution in [0.5, 0.6) is 0 Å². The van der Waals surface area contributed by atoms with Crippen molar-refractivity contribution in [3.05, 3.63) is 0 Å². The molecule has 0 aromatic heterocycles. The Hall–Kier alpha value is -2.65. The van der Waals surface area contributed by atoms with Crippen LogP contribution in [0.25, 0.3) is 0 Å². The van der Waals surface area contributed by atoms with Crippen LogP contribution in [0, 0.1) is 5.92 Å². The van der Waals surface area contributed by atoms with Crippen molar-refractivity contribution in [1.82, 2.24) is 0 Å². The van der Waals surface area contributed by atoms with E-state index in [1.54, 1.807) is 27.7 Å². The fourth-order valence-corrected chi connectivity index (χ4v) is 2.60. The third-order valence-corrected chi connectivity index (χ3v) is 4.23. The number of carbonyl (C=O) groups is 5. The van der Waals surface area contributed by atoms with Gasteiger partial charge in [0.25, 0.3) is 0 Å². The lowest BCUT2D eigenvalue weighted by molar-refractivity contribution is -0.177. The van der Waals surface area contributed by atoms with Gasteiger partial charge in [-0.05, 0) is 13.3 Å². The van der Waals surface area contributed by atoms with E-state index in [9.17, 15) is 24.0 Å². The van der Waals surface area contributed by atoms with Gasteiger partial charge in [-0.15, -0.1) is 0 Å². The Bertz CT molecular complexity index is 601. The number of rotatable bonds is 15. The van der Waals surface area contributed by atoms with Gasteiger partial charge in [0.2, 0.25) is 0 Å². The van der Waals surface area contributed by atoms with Gasteiger partial charge in [0, 0.05) is 38.5 Å². The standard InChI is InChI=1S/C21H34O10/c1-6-18(23)29-13-17(31-20(25)8-3)15(10-11-21(26)27-9-4)16(12-28-14(5)22)30-19(24)7-2/h15-17H,6-13H2,1-5H3. The van der Waals surface area contributed by atoms with Crippen LogP contribution in [-0.2, 0) is 47.7 Å². The van der Waals surface area contributed by atoms with Gasteiger partial charge in [-0.1, -0.05) is 20.8 Å². The minimum Gasteiger partial charge on any atom is -0.466 e. The normalized spacial score (nSPS) is 13.3. The molecule has 0 amide bonds. The summed E-state index contributed by atoms with van der Waals surface area (Å²) in [6.45, 7) is 7.24. The molecule has 0 aromatic rings. The highest BCUT2D eigenvalue weighted by Crippen LogP contribution is 2.24. The second-order valence-corrected chi connectivity index (χ2v) is 6.61. The minimum absolute atomic E-state index is 0.0609. The molecule has 31 heavy (non-hydrogen) atoms. The first-order valence-corrected chi connectivity index (χ1v) is 10.5. The molecule has 3 atom stereocenters. The monoisotopic (exact) mass is 446 g/mol. The van der Waals surface area contributed by atoms with E-state index >= 15 is 0 Å². The van der Waals surface area contributed by atoms with Crippen molar-refractivity contribution in [1.29, 1.82) is 0 Å². The lowest BCUT2D eigenvalue weighted by Gasteiger charge is -2.32. The maximum atomic E-state index is 12.0. The number of esters is 5. The zero-order valence-corrected chi connectivity index (χ0v) is 19.0. The first kappa shape index (κ1) is 28.4. The fourth-order valence-electron chi connectivity index (χ4n) is 2.60. The number of hydrogen-bond donors (Lipinski definition) is 0. The predicted molar refractivity (Wildman–Crippen MR) is 108 cm³/mol. The van der Waals surface area contributed by atoms with Crippen LogP contribution in [0.2, 0.25) is 0 Å². The predicted octanol–water partition coefficient (Wildman–Crippen LogP) is 2.11. The number of ether oxygens (including phenoxy) is 5. The molecule has 3 unspecified atom stereocenters. The zero-order chi connectivity index (χ0) is 23.8. The molecule has 178 valence electrons. The van der Waals surface area contributed by atoms with Gasteiger partial charge >= 0.3 is 29.8 Å². The van der Waals surface area contributed by atoms with Gasteiger partial charge in [0.1, 0.15) is 25.4 Å². The van der Waals surface area contributed by atoms with Crippen LogP contribution >= 0.6 is 0 Å². The maximum absolute atomic E-state index is 12.0. The SMILES string of the molecule is CCOC(=O)CCC(C(COC(C)=O)OC(=O)CC)C(COC(=O)CC)OC(=O)CC. The average Bonchev–Trinajstić information content (AvgIpc) is 2.74. The first-order valence-electron chi connectivity index (χ1n) is 10.5. The molecule has 0 bridgehead atoms. The second-order valence-electron chi connectivity index (χ2n) is 6.61. The zero-order valence-electron chi connectivity index (χ0n) is 19.0. The van der Waals surface area contributed by atoms with Gasteiger partial charge < -0.3 is 23.7 Å². The highest BCUT2D eigenvalue weighted by molar-refractivity contribution is 5.71. The first-order chi connectivity index (χ1) is 14.7. The Labute approximate surface area is 182 Å². The quantitative estimate of drug-likeness (QED) is 0.272. The lowest BCUT2D eigenvalue weighted by Crippen LogP contribution is -2.43. The van der Waals surface area contributed by atoms with Crippen molar-refractivity contribution >= 4 is 29.8 Å². The van der Waals surface area contributed by atoms with Crippen molar-refractivity contribution in [2.75, 3.05) is 19.8 Å². The minimum atomic E-state index is -1.03. The second kappa shape index (κ2) is 16.1. The Morgan fingerprint density at radius 3 is 1.55 bits per heavy atom. The van der Waals surface area contributed by atoms with E-state index in [0.717, 1.165) is 0 Å². The van der Waals surface area contributed by atoms with E-state index < -0.39 is 48.0 Å². The van der Waals surface area contributed by atoms with Crippen LogP contribution in [-0.4, -0.2) is 61.9 Å². The molecule has 0 fully saturated rings. The Balaban J connectivity index is 5.86.